The van der Waals surface area contributed by atoms with E-state index in [1.54, 1.807) is 11.0 Å². The van der Waals surface area contributed by atoms with Crippen LogP contribution >= 0.6 is 0 Å². The molecule has 6 heteroatoms. The highest BCUT2D eigenvalue weighted by molar-refractivity contribution is 5.69. The lowest BCUT2D eigenvalue weighted by molar-refractivity contribution is -0.0374. The molecule has 1 amide bonds. The molecule has 29 heavy (non-hydrogen) atoms. The number of hydrogen-bond acceptors (Lipinski definition) is 4. The summed E-state index contributed by atoms with van der Waals surface area (Å²) in [6.45, 7) is 1.09. The number of carbonyl (C=O) groups is 1. The lowest BCUT2D eigenvalue weighted by Crippen LogP contribution is -2.56. The molecular weight excluding hydrogens is 371 g/mol. The first-order valence-corrected chi connectivity index (χ1v) is 9.59. The van der Waals surface area contributed by atoms with E-state index in [1.165, 1.54) is 12.1 Å². The highest BCUT2D eigenvalue weighted by Crippen LogP contribution is 2.30. The maximum atomic E-state index is 13.4. The Hall–Kier alpha value is -3.17. The van der Waals surface area contributed by atoms with E-state index in [0.717, 1.165) is 16.7 Å². The Kier molecular flexibility index (Phi) is 5.59. The molecule has 0 saturated carbocycles. The highest BCUT2D eigenvalue weighted by atomic mass is 19.1. The summed E-state index contributed by atoms with van der Waals surface area (Å²) >= 11 is 0. The van der Waals surface area contributed by atoms with Gasteiger partial charge in [0.15, 0.2) is 0 Å². The van der Waals surface area contributed by atoms with E-state index in [4.69, 9.17) is 9.47 Å². The Labute approximate surface area is 169 Å². The molecule has 2 aromatic carbocycles. The molecule has 2 aromatic rings. The molecule has 2 heterocycles. The number of hydrogen-bond donors (Lipinski definition) is 0. The van der Waals surface area contributed by atoms with E-state index in [9.17, 15) is 14.4 Å². The van der Waals surface area contributed by atoms with Gasteiger partial charge in [-0.05, 0) is 36.1 Å². The smallest absolute Gasteiger partial charge is 0.411 e. The van der Waals surface area contributed by atoms with Gasteiger partial charge < -0.3 is 9.47 Å². The molecule has 0 radical (unpaired) electrons. The van der Waals surface area contributed by atoms with Crippen molar-refractivity contribution < 1.29 is 18.7 Å². The van der Waals surface area contributed by atoms with Crippen molar-refractivity contribution in [1.29, 1.82) is 5.26 Å². The zero-order valence-corrected chi connectivity index (χ0v) is 15.9. The molecule has 1 fully saturated rings. The Balaban J connectivity index is 1.47. The minimum atomic E-state index is -0.416. The van der Waals surface area contributed by atoms with E-state index in [2.05, 4.69) is 6.07 Å². The summed E-state index contributed by atoms with van der Waals surface area (Å²) in [5.74, 6) is -0.416. The summed E-state index contributed by atoms with van der Waals surface area (Å²) < 4.78 is 24.6. The summed E-state index contributed by atoms with van der Waals surface area (Å²) in [5.41, 5.74) is 3.20. The summed E-state index contributed by atoms with van der Waals surface area (Å²) in [6, 6.07) is 15.6. The Morgan fingerprint density at radius 3 is 2.83 bits per heavy atom. The van der Waals surface area contributed by atoms with E-state index >= 15 is 0 Å². The van der Waals surface area contributed by atoms with Gasteiger partial charge in [0.25, 0.3) is 0 Å². The average Bonchev–Trinajstić information content (AvgIpc) is 2.73. The number of nitrogens with zero attached hydrogens (tertiary/aromatic N) is 2. The summed E-state index contributed by atoms with van der Waals surface area (Å²) in [4.78, 5) is 14.5. The van der Waals surface area contributed by atoms with Crippen molar-refractivity contribution in [2.24, 2.45) is 0 Å². The number of carbonyl (C=O) groups excluding carboxylic acids is 1. The molecule has 5 nitrogen and oxygen atoms in total. The van der Waals surface area contributed by atoms with Crippen LogP contribution in [0.3, 0.4) is 0 Å². The van der Waals surface area contributed by atoms with Crippen LogP contribution in [0.1, 0.15) is 23.1 Å². The van der Waals surface area contributed by atoms with Crippen LogP contribution in [0, 0.1) is 17.1 Å². The van der Waals surface area contributed by atoms with Gasteiger partial charge in [0.2, 0.25) is 0 Å². The van der Waals surface area contributed by atoms with Crippen LogP contribution in [0.15, 0.2) is 60.2 Å². The van der Waals surface area contributed by atoms with Crippen molar-refractivity contribution in [2.75, 3.05) is 13.2 Å². The molecule has 148 valence electrons. The first-order valence-electron chi connectivity index (χ1n) is 9.59. The van der Waals surface area contributed by atoms with Gasteiger partial charge in [0.1, 0.15) is 12.4 Å². The predicted octanol–water partition coefficient (Wildman–Crippen LogP) is 3.98. The Bertz CT molecular complexity index is 968. The third-order valence-electron chi connectivity index (χ3n) is 5.30. The molecule has 2 aliphatic heterocycles. The van der Waals surface area contributed by atoms with Crippen LogP contribution in [-0.2, 0) is 22.5 Å². The quantitative estimate of drug-likeness (QED) is 0.739. The molecule has 0 aromatic heterocycles. The molecular formula is C23H21FN2O3. The van der Waals surface area contributed by atoms with Gasteiger partial charge in [-0.15, -0.1) is 0 Å². The SMILES string of the molecule is N#Cc1cc(F)ccc1CC1=CC2COCC(C1)N2C(=O)OCc1ccccc1. The van der Waals surface area contributed by atoms with E-state index in [1.807, 2.05) is 36.4 Å². The molecule has 2 aliphatic rings. The van der Waals surface area contributed by atoms with Gasteiger partial charge in [0.05, 0.1) is 36.9 Å². The predicted molar refractivity (Wildman–Crippen MR) is 104 cm³/mol. The maximum absolute atomic E-state index is 13.4. The Morgan fingerprint density at radius 2 is 2.07 bits per heavy atom. The monoisotopic (exact) mass is 392 g/mol. The number of ether oxygens (including phenoxy) is 2. The summed E-state index contributed by atoms with van der Waals surface area (Å²) in [6.07, 6.45) is 2.87. The minimum absolute atomic E-state index is 0.108. The van der Waals surface area contributed by atoms with Crippen LogP contribution in [0.25, 0.3) is 0 Å². The maximum Gasteiger partial charge on any atom is 0.411 e. The number of fused-ring (bicyclic) bond motifs is 2. The molecule has 0 N–H and O–H groups in total. The normalized spacial score (nSPS) is 20.6. The van der Waals surface area contributed by atoms with Gasteiger partial charge in [-0.3, -0.25) is 4.90 Å². The zero-order valence-electron chi connectivity index (χ0n) is 15.9. The lowest BCUT2D eigenvalue weighted by atomic mass is 9.89. The number of benzene rings is 2. The minimum Gasteiger partial charge on any atom is -0.445 e. The van der Waals surface area contributed by atoms with Gasteiger partial charge in [-0.1, -0.05) is 48.0 Å². The van der Waals surface area contributed by atoms with Gasteiger partial charge in [-0.2, -0.15) is 5.26 Å². The van der Waals surface area contributed by atoms with Crippen LogP contribution in [-0.4, -0.2) is 36.3 Å². The van der Waals surface area contributed by atoms with Crippen molar-refractivity contribution in [3.05, 3.63) is 82.7 Å². The standard InChI is InChI=1S/C23H21FN2O3/c24-20-7-6-18(19(11-20)12-25)8-17-9-21-14-28-15-22(10-17)26(21)23(27)29-13-16-4-2-1-3-5-16/h1-7,9,11,21-22H,8,10,13-15H2. The van der Waals surface area contributed by atoms with Crippen molar-refractivity contribution in [3.8, 4) is 6.07 Å². The first-order chi connectivity index (χ1) is 14.1. The van der Waals surface area contributed by atoms with Crippen LogP contribution in [0.2, 0.25) is 0 Å². The fourth-order valence-electron chi connectivity index (χ4n) is 3.95. The van der Waals surface area contributed by atoms with Crippen molar-refractivity contribution in [3.63, 3.8) is 0 Å². The van der Waals surface area contributed by atoms with Crippen molar-refractivity contribution in [1.82, 2.24) is 4.90 Å². The molecule has 0 spiro atoms. The van der Waals surface area contributed by atoms with Crippen LogP contribution in [0.4, 0.5) is 9.18 Å². The van der Waals surface area contributed by atoms with Crippen molar-refractivity contribution >= 4 is 6.09 Å². The second-order valence-corrected chi connectivity index (χ2v) is 7.33. The zero-order chi connectivity index (χ0) is 20.2. The van der Waals surface area contributed by atoms with Gasteiger partial charge in [0, 0.05) is 0 Å². The van der Waals surface area contributed by atoms with E-state index in [0.29, 0.717) is 31.6 Å². The van der Waals surface area contributed by atoms with Gasteiger partial charge in [-0.25, -0.2) is 9.18 Å². The highest BCUT2D eigenvalue weighted by Gasteiger charge is 2.38. The number of morpholine rings is 1. The lowest BCUT2D eigenvalue weighted by Gasteiger charge is -2.43. The van der Waals surface area contributed by atoms with Gasteiger partial charge >= 0.3 is 6.09 Å². The largest absolute Gasteiger partial charge is 0.445 e. The van der Waals surface area contributed by atoms with Crippen LogP contribution < -0.4 is 0 Å². The second kappa shape index (κ2) is 8.46. The number of amides is 1. The first kappa shape index (κ1) is 19.2. The number of halogens is 1. The topological polar surface area (TPSA) is 62.6 Å². The Morgan fingerprint density at radius 1 is 1.24 bits per heavy atom. The third-order valence-corrected chi connectivity index (χ3v) is 5.30. The molecule has 4 rings (SSSR count). The van der Waals surface area contributed by atoms with Crippen LogP contribution in [0.5, 0.6) is 0 Å². The summed E-state index contributed by atoms with van der Waals surface area (Å²) in [5, 5.41) is 9.28. The second-order valence-electron chi connectivity index (χ2n) is 7.33. The fourth-order valence-corrected chi connectivity index (χ4v) is 3.95. The van der Waals surface area contributed by atoms with E-state index in [-0.39, 0.29) is 24.8 Å². The molecule has 0 aliphatic carbocycles. The molecule has 1 saturated heterocycles. The molecule has 2 bridgehead atoms. The van der Waals surface area contributed by atoms with E-state index < -0.39 is 5.82 Å². The molecule has 2 atom stereocenters. The number of nitriles is 1. The average molecular weight is 392 g/mol. The van der Waals surface area contributed by atoms with Crippen molar-refractivity contribution in [2.45, 2.75) is 31.5 Å². The molecule has 2 unspecified atom stereocenters. The third kappa shape index (κ3) is 4.30. The summed E-state index contributed by atoms with van der Waals surface area (Å²) in [7, 11) is 0. The number of rotatable bonds is 4. The fraction of sp³-hybridized carbons (Fsp3) is 0.304.